The molecule has 3 nitrogen and oxygen atoms in total. The molecule has 4 heteroatoms. The van der Waals surface area contributed by atoms with E-state index in [1.807, 2.05) is 6.07 Å². The highest BCUT2D eigenvalue weighted by Crippen LogP contribution is 2.25. The molecule has 1 heterocycles. The number of likely N-dealkylation sites (N-methyl/N-ethyl adjacent to an activating group) is 1. The number of hydrogen-bond acceptors (Lipinski definition) is 3. The number of aliphatic hydroxyl groups is 1. The van der Waals surface area contributed by atoms with Crippen LogP contribution in [0.2, 0.25) is 0 Å². The van der Waals surface area contributed by atoms with Crippen molar-refractivity contribution in [3.63, 3.8) is 0 Å². The molecule has 1 aromatic carbocycles. The predicted octanol–water partition coefficient (Wildman–Crippen LogP) is 2.07. The van der Waals surface area contributed by atoms with Gasteiger partial charge in [0.1, 0.15) is 5.82 Å². The van der Waals surface area contributed by atoms with Gasteiger partial charge in [0.05, 0.1) is 11.8 Å². The lowest BCUT2D eigenvalue weighted by Gasteiger charge is -2.29. The topological polar surface area (TPSA) is 35.5 Å². The second-order valence-electron chi connectivity index (χ2n) is 4.83. The molecular formula is C14H21FN2O. The van der Waals surface area contributed by atoms with Crippen LogP contribution < -0.4 is 10.2 Å². The van der Waals surface area contributed by atoms with Gasteiger partial charge in [-0.05, 0) is 44.0 Å². The monoisotopic (exact) mass is 252 g/mol. The van der Waals surface area contributed by atoms with Gasteiger partial charge in [-0.2, -0.15) is 0 Å². The summed E-state index contributed by atoms with van der Waals surface area (Å²) >= 11 is 0. The molecule has 0 bridgehead atoms. The van der Waals surface area contributed by atoms with E-state index in [2.05, 4.69) is 10.2 Å². The van der Waals surface area contributed by atoms with Crippen LogP contribution in [-0.4, -0.2) is 31.8 Å². The molecule has 2 rings (SSSR count). The van der Waals surface area contributed by atoms with Crippen LogP contribution in [0, 0.1) is 5.82 Å². The van der Waals surface area contributed by atoms with Gasteiger partial charge in [0.15, 0.2) is 0 Å². The Labute approximate surface area is 108 Å². The Morgan fingerprint density at radius 1 is 1.33 bits per heavy atom. The number of nitrogens with zero attached hydrogens (tertiary/aromatic N) is 1. The maximum absolute atomic E-state index is 14.1. The van der Waals surface area contributed by atoms with Crippen molar-refractivity contribution in [2.75, 3.05) is 31.6 Å². The van der Waals surface area contributed by atoms with Crippen molar-refractivity contribution in [3.8, 4) is 0 Å². The fraction of sp³-hybridized carbons (Fsp3) is 0.571. The zero-order chi connectivity index (χ0) is 13.0. The third-order valence-corrected chi connectivity index (χ3v) is 3.45. The van der Waals surface area contributed by atoms with E-state index in [4.69, 9.17) is 0 Å². The first-order chi connectivity index (χ1) is 8.72. The molecule has 1 unspecified atom stereocenters. The van der Waals surface area contributed by atoms with E-state index in [9.17, 15) is 9.50 Å². The number of piperidine rings is 1. The summed E-state index contributed by atoms with van der Waals surface area (Å²) < 4.78 is 14.1. The molecule has 0 radical (unpaired) electrons. The Balaban J connectivity index is 2.13. The van der Waals surface area contributed by atoms with Gasteiger partial charge in [-0.15, -0.1) is 0 Å². The summed E-state index contributed by atoms with van der Waals surface area (Å²) in [6.45, 7) is 2.28. The maximum Gasteiger partial charge on any atom is 0.146 e. The van der Waals surface area contributed by atoms with Crippen LogP contribution >= 0.6 is 0 Å². The van der Waals surface area contributed by atoms with Crippen molar-refractivity contribution in [2.45, 2.75) is 25.4 Å². The molecule has 2 N–H and O–H groups in total. The van der Waals surface area contributed by atoms with Crippen molar-refractivity contribution in [2.24, 2.45) is 0 Å². The van der Waals surface area contributed by atoms with Gasteiger partial charge in [0.25, 0.3) is 0 Å². The first kappa shape index (κ1) is 13.3. The molecule has 0 aromatic heterocycles. The normalized spacial score (nSPS) is 17.8. The van der Waals surface area contributed by atoms with Gasteiger partial charge in [0.2, 0.25) is 0 Å². The Hall–Kier alpha value is -1.13. The molecule has 1 saturated heterocycles. The second kappa shape index (κ2) is 6.16. The van der Waals surface area contributed by atoms with E-state index >= 15 is 0 Å². The standard InChI is InChI=1S/C14H21FN2O/c1-16-10-14(18)11-5-6-13(12(15)9-11)17-7-3-2-4-8-17/h5-6,9,14,16,18H,2-4,7-8,10H2,1H3. The number of rotatable bonds is 4. The SMILES string of the molecule is CNCC(O)c1ccc(N2CCCCC2)c(F)c1. The van der Waals surface area contributed by atoms with Crippen LogP contribution in [-0.2, 0) is 0 Å². The van der Waals surface area contributed by atoms with Crippen LogP contribution in [0.3, 0.4) is 0 Å². The first-order valence-corrected chi connectivity index (χ1v) is 6.59. The average molecular weight is 252 g/mol. The predicted molar refractivity (Wildman–Crippen MR) is 71.4 cm³/mol. The van der Waals surface area contributed by atoms with E-state index in [0.717, 1.165) is 25.9 Å². The molecule has 0 spiro atoms. The van der Waals surface area contributed by atoms with E-state index < -0.39 is 6.10 Å². The molecule has 1 fully saturated rings. The van der Waals surface area contributed by atoms with Crippen molar-refractivity contribution >= 4 is 5.69 Å². The molecule has 0 aliphatic carbocycles. The lowest BCUT2D eigenvalue weighted by molar-refractivity contribution is 0.177. The Kier molecular flexibility index (Phi) is 4.55. The van der Waals surface area contributed by atoms with Crippen molar-refractivity contribution in [1.29, 1.82) is 0 Å². The highest BCUT2D eigenvalue weighted by molar-refractivity contribution is 5.49. The number of nitrogens with one attached hydrogen (secondary N) is 1. The summed E-state index contributed by atoms with van der Waals surface area (Å²) in [7, 11) is 1.77. The van der Waals surface area contributed by atoms with E-state index in [-0.39, 0.29) is 5.82 Å². The quantitative estimate of drug-likeness (QED) is 0.861. The van der Waals surface area contributed by atoms with Crippen molar-refractivity contribution in [1.82, 2.24) is 5.32 Å². The van der Waals surface area contributed by atoms with Gasteiger partial charge < -0.3 is 15.3 Å². The highest BCUT2D eigenvalue weighted by Gasteiger charge is 2.16. The summed E-state index contributed by atoms with van der Waals surface area (Å²) in [4.78, 5) is 2.09. The Morgan fingerprint density at radius 2 is 2.06 bits per heavy atom. The van der Waals surface area contributed by atoms with Crippen LogP contribution in [0.4, 0.5) is 10.1 Å². The van der Waals surface area contributed by atoms with Gasteiger partial charge in [-0.1, -0.05) is 6.07 Å². The summed E-state index contributed by atoms with van der Waals surface area (Å²) in [6, 6.07) is 5.05. The largest absolute Gasteiger partial charge is 0.387 e. The zero-order valence-electron chi connectivity index (χ0n) is 10.8. The number of halogens is 1. The molecule has 0 saturated carbocycles. The minimum Gasteiger partial charge on any atom is -0.387 e. The number of hydrogen-bond donors (Lipinski definition) is 2. The third kappa shape index (κ3) is 3.00. The third-order valence-electron chi connectivity index (χ3n) is 3.45. The number of aliphatic hydroxyl groups excluding tert-OH is 1. The maximum atomic E-state index is 14.1. The smallest absolute Gasteiger partial charge is 0.146 e. The molecule has 100 valence electrons. The fourth-order valence-electron chi connectivity index (χ4n) is 2.43. The molecule has 0 amide bonds. The van der Waals surface area contributed by atoms with Crippen molar-refractivity contribution in [3.05, 3.63) is 29.6 Å². The minimum atomic E-state index is -0.653. The van der Waals surface area contributed by atoms with Crippen molar-refractivity contribution < 1.29 is 9.50 Å². The summed E-state index contributed by atoms with van der Waals surface area (Å²) in [5.41, 5.74) is 1.29. The summed E-state index contributed by atoms with van der Waals surface area (Å²) in [5, 5.41) is 12.7. The summed E-state index contributed by atoms with van der Waals surface area (Å²) in [6.07, 6.45) is 2.84. The van der Waals surface area contributed by atoms with Gasteiger partial charge in [-0.3, -0.25) is 0 Å². The van der Waals surface area contributed by atoms with Gasteiger partial charge in [0, 0.05) is 19.6 Å². The van der Waals surface area contributed by atoms with Crippen LogP contribution in [0.5, 0.6) is 0 Å². The Bertz CT molecular complexity index is 391. The van der Waals surface area contributed by atoms with E-state index in [0.29, 0.717) is 17.8 Å². The molecule has 1 aliphatic heterocycles. The molecule has 18 heavy (non-hydrogen) atoms. The highest BCUT2D eigenvalue weighted by atomic mass is 19.1. The second-order valence-corrected chi connectivity index (χ2v) is 4.83. The van der Waals surface area contributed by atoms with Crippen LogP contribution in [0.1, 0.15) is 30.9 Å². The van der Waals surface area contributed by atoms with Gasteiger partial charge >= 0.3 is 0 Å². The molecule has 1 aromatic rings. The lowest BCUT2D eigenvalue weighted by atomic mass is 10.1. The van der Waals surface area contributed by atoms with E-state index in [1.165, 1.54) is 12.5 Å². The first-order valence-electron chi connectivity index (χ1n) is 6.59. The minimum absolute atomic E-state index is 0.232. The molecular weight excluding hydrogens is 231 g/mol. The van der Waals surface area contributed by atoms with Crippen LogP contribution in [0.15, 0.2) is 18.2 Å². The van der Waals surface area contributed by atoms with Gasteiger partial charge in [-0.25, -0.2) is 4.39 Å². The number of anilines is 1. The van der Waals surface area contributed by atoms with E-state index in [1.54, 1.807) is 13.1 Å². The summed E-state index contributed by atoms with van der Waals surface area (Å²) in [5.74, 6) is -0.232. The van der Waals surface area contributed by atoms with Crippen LogP contribution in [0.25, 0.3) is 0 Å². The molecule has 1 aliphatic rings. The average Bonchev–Trinajstić information content (AvgIpc) is 2.40. The zero-order valence-corrected chi connectivity index (χ0v) is 10.8. The fourth-order valence-corrected chi connectivity index (χ4v) is 2.43. The Morgan fingerprint density at radius 3 is 2.67 bits per heavy atom. The number of benzene rings is 1. The molecule has 1 atom stereocenters. The lowest BCUT2D eigenvalue weighted by Crippen LogP contribution is -2.30.